The van der Waals surface area contributed by atoms with Crippen LogP contribution in [0.5, 0.6) is 0 Å². The lowest BCUT2D eigenvalue weighted by Crippen LogP contribution is -2.69. The van der Waals surface area contributed by atoms with Gasteiger partial charge in [-0.25, -0.2) is 0 Å². The van der Waals surface area contributed by atoms with E-state index in [1.165, 1.54) is 6.92 Å². The molecule has 0 spiro atoms. The van der Waals surface area contributed by atoms with E-state index in [0.29, 0.717) is 24.6 Å². The number of amides is 1. The fourth-order valence-electron chi connectivity index (χ4n) is 6.24. The number of likely N-dealkylation sites (N-methyl/N-ethyl adjacent to an activating group) is 1. The first kappa shape index (κ1) is 32.4. The van der Waals surface area contributed by atoms with Gasteiger partial charge in [-0.15, -0.1) is 0 Å². The third kappa shape index (κ3) is 7.37. The summed E-state index contributed by atoms with van der Waals surface area (Å²) in [5.74, 6) is -0.135. The lowest BCUT2D eigenvalue weighted by atomic mass is 9.72. The number of carbonyl (C=O) groups is 1. The Hall–Kier alpha value is -1.47. The molecule has 0 bridgehead atoms. The molecule has 0 aromatic heterocycles. The Morgan fingerprint density at radius 2 is 2.00 bits per heavy atom. The van der Waals surface area contributed by atoms with Gasteiger partial charge in [0, 0.05) is 44.2 Å². The van der Waals surface area contributed by atoms with Crippen molar-refractivity contribution >= 4 is 5.91 Å². The van der Waals surface area contributed by atoms with Gasteiger partial charge in [-0.3, -0.25) is 4.79 Å². The predicted octanol–water partition coefficient (Wildman–Crippen LogP) is -5.25. The van der Waals surface area contributed by atoms with Gasteiger partial charge in [0.15, 0.2) is 6.29 Å². The van der Waals surface area contributed by atoms with Crippen LogP contribution in [0.4, 0.5) is 0 Å². The molecule has 14 N–H and O–H groups in total. The molecule has 0 aromatic carbocycles. The summed E-state index contributed by atoms with van der Waals surface area (Å²) in [6.45, 7) is 4.42. The molecule has 1 saturated carbocycles. The van der Waals surface area contributed by atoms with E-state index in [1.54, 1.807) is 7.05 Å². The van der Waals surface area contributed by atoms with E-state index in [1.807, 2.05) is 6.08 Å². The Morgan fingerprint density at radius 3 is 2.63 bits per heavy atom. The molecule has 2 saturated heterocycles. The van der Waals surface area contributed by atoms with Gasteiger partial charge >= 0.3 is 0 Å². The normalized spacial score (nSPS) is 42.5. The van der Waals surface area contributed by atoms with Crippen molar-refractivity contribution in [3.8, 4) is 0 Å². The summed E-state index contributed by atoms with van der Waals surface area (Å²) in [4.78, 5) is 12.6. The summed E-state index contributed by atoms with van der Waals surface area (Å²) >= 11 is 0. The van der Waals surface area contributed by atoms with Crippen molar-refractivity contribution in [3.05, 3.63) is 11.8 Å². The number of aliphatic hydroxyl groups is 4. The molecule has 236 valence electrons. The molecule has 3 heterocycles. The molecule has 4 aliphatic rings. The lowest BCUT2D eigenvalue weighted by molar-refractivity contribution is -0.297. The van der Waals surface area contributed by atoms with E-state index >= 15 is 0 Å². The van der Waals surface area contributed by atoms with E-state index < -0.39 is 78.4 Å². The highest BCUT2D eigenvalue weighted by molar-refractivity contribution is 5.81. The van der Waals surface area contributed by atoms with Crippen LogP contribution < -0.4 is 38.5 Å². The minimum atomic E-state index is -1.46. The summed E-state index contributed by atoms with van der Waals surface area (Å²) in [5, 5.41) is 55.6. The van der Waals surface area contributed by atoms with Gasteiger partial charge in [0.25, 0.3) is 0 Å². The van der Waals surface area contributed by atoms with E-state index in [0.717, 1.165) is 19.6 Å². The van der Waals surface area contributed by atoms with Gasteiger partial charge < -0.3 is 73.1 Å². The molecule has 0 aromatic rings. The molecule has 3 aliphatic heterocycles. The highest BCUT2D eigenvalue weighted by atomic mass is 16.7. The van der Waals surface area contributed by atoms with Crippen molar-refractivity contribution in [2.75, 3.05) is 46.4 Å². The fourth-order valence-corrected chi connectivity index (χ4v) is 6.24. The zero-order valence-electron chi connectivity index (χ0n) is 23.8. The number of carbonyl (C=O) groups excluding carboxylic acids is 1. The number of aliphatic hydroxyl groups excluding tert-OH is 3. The lowest BCUT2D eigenvalue weighted by Gasteiger charge is -2.50. The predicted molar refractivity (Wildman–Crippen MR) is 148 cm³/mol. The van der Waals surface area contributed by atoms with Crippen LogP contribution in [-0.4, -0.2) is 139 Å². The number of nitrogens with two attached hydrogens (primary N) is 3. The first-order valence-corrected chi connectivity index (χ1v) is 14.5. The molecule has 15 heteroatoms. The van der Waals surface area contributed by atoms with Crippen LogP contribution in [0, 0.1) is 11.8 Å². The second kappa shape index (κ2) is 13.9. The van der Waals surface area contributed by atoms with Crippen molar-refractivity contribution < 1.29 is 39.4 Å². The molecule has 3 fully saturated rings. The van der Waals surface area contributed by atoms with Crippen molar-refractivity contribution in [2.24, 2.45) is 29.0 Å². The Bertz CT molecular complexity index is 909. The van der Waals surface area contributed by atoms with Crippen LogP contribution in [0.1, 0.15) is 19.8 Å². The molecular formula is C26H49N7O8. The Kier molecular flexibility index (Phi) is 11.0. The van der Waals surface area contributed by atoms with Gasteiger partial charge in [-0.1, -0.05) is 0 Å². The zero-order valence-corrected chi connectivity index (χ0v) is 23.8. The number of hydrogen-bond donors (Lipinski definition) is 11. The number of nitrogens with one attached hydrogen (secondary N) is 4. The average molecular weight is 588 g/mol. The van der Waals surface area contributed by atoms with Crippen LogP contribution in [-0.2, 0) is 19.0 Å². The van der Waals surface area contributed by atoms with Crippen molar-refractivity contribution in [2.45, 2.75) is 86.3 Å². The smallest absolute Gasteiger partial charge is 0.250 e. The van der Waals surface area contributed by atoms with E-state index in [2.05, 4.69) is 21.3 Å². The fraction of sp³-hybridized carbons (Fsp3) is 0.885. The Labute approximate surface area is 240 Å². The van der Waals surface area contributed by atoms with Gasteiger partial charge in [0.2, 0.25) is 5.91 Å². The summed E-state index contributed by atoms with van der Waals surface area (Å²) in [7, 11) is 1.59. The highest BCUT2D eigenvalue weighted by Gasteiger charge is 2.53. The van der Waals surface area contributed by atoms with Crippen LogP contribution in [0.3, 0.4) is 0 Å². The van der Waals surface area contributed by atoms with E-state index in [-0.39, 0.29) is 19.6 Å². The minimum Gasteiger partial charge on any atom is -0.492 e. The number of ether oxygens (including phenoxy) is 3. The summed E-state index contributed by atoms with van der Waals surface area (Å²) in [5.41, 5.74) is 17.1. The summed E-state index contributed by atoms with van der Waals surface area (Å²) < 4.78 is 18.1. The maximum absolute atomic E-state index is 12.6. The Morgan fingerprint density at radius 1 is 1.27 bits per heavy atom. The molecule has 1 aliphatic carbocycles. The molecule has 4 rings (SSSR count). The van der Waals surface area contributed by atoms with Crippen molar-refractivity contribution in [1.82, 2.24) is 21.3 Å². The molecule has 1 amide bonds. The molecule has 12 atom stereocenters. The van der Waals surface area contributed by atoms with Crippen LogP contribution >= 0.6 is 0 Å². The number of rotatable bonds is 11. The van der Waals surface area contributed by atoms with Crippen molar-refractivity contribution in [1.29, 1.82) is 0 Å². The monoisotopic (exact) mass is 587 g/mol. The summed E-state index contributed by atoms with van der Waals surface area (Å²) in [6.07, 6.45) is -4.46. The Balaban J connectivity index is 1.51. The van der Waals surface area contributed by atoms with Crippen LogP contribution in [0.15, 0.2) is 11.8 Å². The topological polar surface area (TPSA) is 252 Å². The van der Waals surface area contributed by atoms with Crippen molar-refractivity contribution in [3.63, 3.8) is 0 Å². The van der Waals surface area contributed by atoms with Crippen LogP contribution in [0.2, 0.25) is 0 Å². The third-order valence-corrected chi connectivity index (χ3v) is 8.74. The maximum atomic E-state index is 12.6. The van der Waals surface area contributed by atoms with E-state index in [4.69, 9.17) is 31.4 Å². The van der Waals surface area contributed by atoms with Gasteiger partial charge in [-0.2, -0.15) is 0 Å². The average Bonchev–Trinajstić information content (AvgIpc) is 2.89. The molecule has 15 nitrogen and oxygen atoms in total. The van der Waals surface area contributed by atoms with E-state index in [9.17, 15) is 25.2 Å². The molecule has 0 radical (unpaired) electrons. The minimum absolute atomic E-state index is 0.149. The third-order valence-electron chi connectivity index (χ3n) is 8.74. The molecule has 1 unspecified atom stereocenters. The first-order chi connectivity index (χ1) is 19.5. The summed E-state index contributed by atoms with van der Waals surface area (Å²) in [6, 6.07) is -2.76. The first-order valence-electron chi connectivity index (χ1n) is 14.5. The molecule has 41 heavy (non-hydrogen) atoms. The standard InChI is InChI=1S/C26H49N7O8/c1-26(38)11-39-25(20(36)23(26)30-2)41-22-16(33-24(37)17(34)6-27)5-15(29)18(19(22)35)21-14(28)4-3-13(40-21)10-32-9-12-7-31-8-12/h3,12,14-23,25,30-32,34-36,38H,4-11,27-29H2,1-2H3,(H,33,37)/t14-,15+,16-,17+,18-,19+,20-,21?,22+,23-,25-,26+/m1/s1. The second-order valence-electron chi connectivity index (χ2n) is 12.0. The SMILES string of the molecule is CN[C@@H]1[C@@H](O)[C@@H](O[C@@H]2[C@@H](O)[C@H](C3OC(CNCC4CNC4)=CC[C@H]3N)[C@@H](N)C[C@H]2NC(=O)[C@@H](O)CN)OC[C@]1(C)O. The van der Waals surface area contributed by atoms with Gasteiger partial charge in [0.1, 0.15) is 35.8 Å². The zero-order chi connectivity index (χ0) is 29.9. The van der Waals surface area contributed by atoms with Gasteiger partial charge in [-0.05, 0) is 38.8 Å². The van der Waals surface area contributed by atoms with Crippen LogP contribution in [0.25, 0.3) is 0 Å². The highest BCUT2D eigenvalue weighted by Crippen LogP contribution is 2.36. The quantitative estimate of drug-likeness (QED) is 0.108. The maximum Gasteiger partial charge on any atom is 0.250 e. The molecular weight excluding hydrogens is 538 g/mol. The van der Waals surface area contributed by atoms with Gasteiger partial charge in [0.05, 0.1) is 31.3 Å². The second-order valence-corrected chi connectivity index (χ2v) is 12.0. The largest absolute Gasteiger partial charge is 0.492 e. The number of hydrogen-bond acceptors (Lipinski definition) is 14.